The van der Waals surface area contributed by atoms with Crippen molar-refractivity contribution in [3.63, 3.8) is 0 Å². The minimum atomic E-state index is -3.66. The summed E-state index contributed by atoms with van der Waals surface area (Å²) in [6, 6.07) is 12.6. The van der Waals surface area contributed by atoms with Crippen LogP contribution in [-0.2, 0) is 15.6 Å². The standard InChI is InChI=1S/C16H19N3O4S/c1-17-10-11-18-15-9-5-6-13(16(15)19(20)21)12-24(22,23)14-7-3-2-4-8-14/h2-9,17-18H,10-12H2,1H3. The number of hydrogen-bond acceptors (Lipinski definition) is 6. The predicted molar refractivity (Wildman–Crippen MR) is 92.8 cm³/mol. The maximum Gasteiger partial charge on any atom is 0.296 e. The van der Waals surface area contributed by atoms with Crippen LogP contribution in [-0.4, -0.2) is 33.5 Å². The van der Waals surface area contributed by atoms with Crippen LogP contribution in [0.5, 0.6) is 0 Å². The molecule has 0 spiro atoms. The second kappa shape index (κ2) is 7.89. The van der Waals surface area contributed by atoms with Gasteiger partial charge in [-0.25, -0.2) is 8.42 Å². The minimum absolute atomic E-state index is 0.146. The topological polar surface area (TPSA) is 101 Å². The maximum atomic E-state index is 12.5. The van der Waals surface area contributed by atoms with Crippen LogP contribution in [0.15, 0.2) is 53.4 Å². The van der Waals surface area contributed by atoms with Crippen LogP contribution >= 0.6 is 0 Å². The molecule has 0 heterocycles. The van der Waals surface area contributed by atoms with Crippen LogP contribution in [0.25, 0.3) is 0 Å². The summed E-state index contributed by atoms with van der Waals surface area (Å²) in [6.45, 7) is 1.12. The molecule has 0 unspecified atom stereocenters. The van der Waals surface area contributed by atoms with E-state index in [1.165, 1.54) is 18.2 Å². The molecule has 7 nitrogen and oxygen atoms in total. The molecule has 2 aromatic carbocycles. The van der Waals surface area contributed by atoms with Gasteiger partial charge in [0.15, 0.2) is 9.84 Å². The van der Waals surface area contributed by atoms with Gasteiger partial charge in [0, 0.05) is 18.7 Å². The SMILES string of the molecule is CNCCNc1cccc(CS(=O)(=O)c2ccccc2)c1[N+](=O)[O-]. The van der Waals surface area contributed by atoms with Crippen LogP contribution in [0.2, 0.25) is 0 Å². The van der Waals surface area contributed by atoms with Crippen molar-refractivity contribution in [3.05, 3.63) is 64.2 Å². The lowest BCUT2D eigenvalue weighted by Crippen LogP contribution is -2.18. The van der Waals surface area contributed by atoms with Gasteiger partial charge in [-0.3, -0.25) is 10.1 Å². The molecule has 0 amide bonds. The summed E-state index contributed by atoms with van der Waals surface area (Å²) >= 11 is 0. The van der Waals surface area contributed by atoms with E-state index in [-0.39, 0.29) is 16.1 Å². The molecule has 0 radical (unpaired) electrons. The highest BCUT2D eigenvalue weighted by atomic mass is 32.2. The second-order valence-electron chi connectivity index (χ2n) is 5.17. The fraction of sp³-hybridized carbons (Fsp3) is 0.250. The van der Waals surface area contributed by atoms with Gasteiger partial charge < -0.3 is 10.6 Å². The van der Waals surface area contributed by atoms with E-state index in [4.69, 9.17) is 0 Å². The summed E-state index contributed by atoms with van der Waals surface area (Å²) in [5, 5.41) is 17.3. The fourth-order valence-electron chi connectivity index (χ4n) is 2.30. The Morgan fingerprint density at radius 2 is 1.75 bits per heavy atom. The molecule has 2 rings (SSSR count). The summed E-state index contributed by atoms with van der Waals surface area (Å²) in [5.41, 5.74) is 0.280. The molecule has 0 saturated heterocycles. The third-order valence-corrected chi connectivity index (χ3v) is 5.12. The van der Waals surface area contributed by atoms with E-state index in [1.54, 1.807) is 37.4 Å². The molecule has 0 aromatic heterocycles. The number of nitro benzene ring substituents is 1. The molecular formula is C16H19N3O4S. The first-order valence-corrected chi connectivity index (χ1v) is 9.03. The Morgan fingerprint density at radius 1 is 1.04 bits per heavy atom. The summed E-state index contributed by atoms with van der Waals surface area (Å²) in [5.74, 6) is -0.422. The van der Waals surface area contributed by atoms with Gasteiger partial charge >= 0.3 is 0 Å². The van der Waals surface area contributed by atoms with Gasteiger partial charge in [0.25, 0.3) is 5.69 Å². The number of nitrogens with one attached hydrogen (secondary N) is 2. The smallest absolute Gasteiger partial charge is 0.296 e. The van der Waals surface area contributed by atoms with Crippen LogP contribution in [0.3, 0.4) is 0 Å². The van der Waals surface area contributed by atoms with Crippen LogP contribution in [0.4, 0.5) is 11.4 Å². The van der Waals surface area contributed by atoms with Gasteiger partial charge in [-0.1, -0.05) is 30.3 Å². The van der Waals surface area contributed by atoms with Crippen molar-refractivity contribution >= 4 is 21.2 Å². The van der Waals surface area contributed by atoms with Gasteiger partial charge in [-0.2, -0.15) is 0 Å². The Kier molecular flexibility index (Phi) is 5.88. The fourth-order valence-corrected chi connectivity index (χ4v) is 3.68. The second-order valence-corrected chi connectivity index (χ2v) is 7.16. The zero-order valence-electron chi connectivity index (χ0n) is 13.2. The molecule has 0 aliphatic heterocycles. The molecule has 24 heavy (non-hydrogen) atoms. The number of rotatable bonds is 8. The molecule has 2 N–H and O–H groups in total. The Bertz CT molecular complexity index is 807. The predicted octanol–water partition coefficient (Wildman–Crippen LogP) is 2.20. The highest BCUT2D eigenvalue weighted by molar-refractivity contribution is 7.90. The minimum Gasteiger partial charge on any atom is -0.378 e. The first-order valence-electron chi connectivity index (χ1n) is 7.38. The number of sulfone groups is 1. The van der Waals surface area contributed by atoms with Gasteiger partial charge in [-0.15, -0.1) is 0 Å². The van der Waals surface area contributed by atoms with Crippen molar-refractivity contribution < 1.29 is 13.3 Å². The lowest BCUT2D eigenvalue weighted by molar-refractivity contribution is -0.384. The quantitative estimate of drug-likeness (QED) is 0.430. The van der Waals surface area contributed by atoms with E-state index in [1.807, 2.05) is 0 Å². The zero-order chi connectivity index (χ0) is 17.6. The first-order chi connectivity index (χ1) is 11.5. The van der Waals surface area contributed by atoms with Crippen LogP contribution < -0.4 is 10.6 Å². The molecule has 0 bridgehead atoms. The molecule has 2 aromatic rings. The number of nitro groups is 1. The normalized spacial score (nSPS) is 11.2. The highest BCUT2D eigenvalue weighted by Crippen LogP contribution is 2.31. The Labute approximate surface area is 140 Å². The highest BCUT2D eigenvalue weighted by Gasteiger charge is 2.24. The van der Waals surface area contributed by atoms with E-state index in [9.17, 15) is 18.5 Å². The van der Waals surface area contributed by atoms with Crippen LogP contribution in [0.1, 0.15) is 5.56 Å². The average Bonchev–Trinajstić information content (AvgIpc) is 2.55. The Hall–Kier alpha value is -2.45. The molecule has 8 heteroatoms. The lowest BCUT2D eigenvalue weighted by atomic mass is 10.1. The van der Waals surface area contributed by atoms with E-state index in [0.717, 1.165) is 0 Å². The molecule has 128 valence electrons. The van der Waals surface area contributed by atoms with Gasteiger partial charge in [-0.05, 0) is 25.2 Å². The molecule has 0 aliphatic rings. The number of hydrogen-bond donors (Lipinski definition) is 2. The number of likely N-dealkylation sites (N-methyl/N-ethyl adjacent to an activating group) is 1. The van der Waals surface area contributed by atoms with Crippen molar-refractivity contribution in [2.45, 2.75) is 10.6 Å². The first kappa shape index (κ1) is 17.9. The van der Waals surface area contributed by atoms with Crippen molar-refractivity contribution in [1.82, 2.24) is 5.32 Å². The zero-order valence-corrected chi connectivity index (χ0v) is 14.0. The van der Waals surface area contributed by atoms with Crippen molar-refractivity contribution in [1.29, 1.82) is 0 Å². The largest absolute Gasteiger partial charge is 0.378 e. The molecule has 0 saturated carbocycles. The molecule has 0 fully saturated rings. The molecular weight excluding hydrogens is 330 g/mol. The van der Waals surface area contributed by atoms with Crippen molar-refractivity contribution in [2.75, 3.05) is 25.5 Å². The van der Waals surface area contributed by atoms with Gasteiger partial charge in [0.1, 0.15) is 5.69 Å². The third-order valence-electron chi connectivity index (χ3n) is 3.44. The Morgan fingerprint density at radius 3 is 2.38 bits per heavy atom. The van der Waals surface area contributed by atoms with Crippen molar-refractivity contribution in [3.8, 4) is 0 Å². The number of para-hydroxylation sites is 1. The van der Waals surface area contributed by atoms with E-state index < -0.39 is 20.5 Å². The average molecular weight is 349 g/mol. The number of benzene rings is 2. The van der Waals surface area contributed by atoms with Gasteiger partial charge in [0.2, 0.25) is 0 Å². The van der Waals surface area contributed by atoms with E-state index >= 15 is 0 Å². The summed E-state index contributed by atoms with van der Waals surface area (Å²) < 4.78 is 25.0. The summed E-state index contributed by atoms with van der Waals surface area (Å²) in [6.07, 6.45) is 0. The van der Waals surface area contributed by atoms with E-state index in [0.29, 0.717) is 18.8 Å². The van der Waals surface area contributed by atoms with Gasteiger partial charge in [0.05, 0.1) is 15.6 Å². The Balaban J connectivity index is 2.36. The third kappa shape index (κ3) is 4.30. The van der Waals surface area contributed by atoms with E-state index in [2.05, 4.69) is 10.6 Å². The van der Waals surface area contributed by atoms with Crippen LogP contribution in [0, 0.1) is 10.1 Å². The maximum absolute atomic E-state index is 12.5. The molecule has 0 aliphatic carbocycles. The molecule has 0 atom stereocenters. The monoisotopic (exact) mass is 349 g/mol. The van der Waals surface area contributed by atoms with Crippen molar-refractivity contribution in [2.24, 2.45) is 0 Å². The lowest BCUT2D eigenvalue weighted by Gasteiger charge is -2.10. The number of anilines is 1. The summed E-state index contributed by atoms with van der Waals surface area (Å²) in [7, 11) is -1.88. The summed E-state index contributed by atoms with van der Waals surface area (Å²) in [4.78, 5) is 11.1. The number of nitrogens with zero attached hydrogens (tertiary/aromatic N) is 1.